The lowest BCUT2D eigenvalue weighted by atomic mass is 9.88. The van der Waals surface area contributed by atoms with E-state index in [-0.39, 0.29) is 30.0 Å². The molecule has 206 valence electrons. The Morgan fingerprint density at radius 3 is 2.17 bits per heavy atom. The van der Waals surface area contributed by atoms with Crippen LogP contribution in [0.4, 0.5) is 10.1 Å². The Bertz CT molecular complexity index is 1540. The summed E-state index contributed by atoms with van der Waals surface area (Å²) in [5, 5.41) is 21.4. The molecule has 1 amide bonds. The number of carbonyl (C=O) groups excluding carboxylic acids is 1. The van der Waals surface area contributed by atoms with Gasteiger partial charge in [0, 0.05) is 17.7 Å². The summed E-state index contributed by atoms with van der Waals surface area (Å²) in [6, 6.07) is 24.7. The molecular weight excluding hydrogens is 536 g/mol. The van der Waals surface area contributed by atoms with Gasteiger partial charge in [0.2, 0.25) is 0 Å². The molecule has 0 radical (unpaired) electrons. The number of benzene rings is 4. The van der Waals surface area contributed by atoms with Crippen LogP contribution in [-0.2, 0) is 14.1 Å². The van der Waals surface area contributed by atoms with Gasteiger partial charge in [0.1, 0.15) is 17.6 Å². The number of phenolic OH excluding ortho intramolecular Hbond substituents is 1. The van der Waals surface area contributed by atoms with Crippen LogP contribution in [0.3, 0.4) is 0 Å². The van der Waals surface area contributed by atoms with Crippen molar-refractivity contribution in [3.63, 3.8) is 0 Å². The minimum atomic E-state index is -4.37. The largest absolute Gasteiger partial charge is 0.508 e. The molecule has 1 heterocycles. The summed E-state index contributed by atoms with van der Waals surface area (Å²) >= 11 is 0. The normalized spacial score (nSPS) is 17.9. The number of aliphatic hydroxyl groups excluding tert-OH is 1. The number of β-lactam (4-membered cyclic amide) rings is 1. The van der Waals surface area contributed by atoms with Gasteiger partial charge in [-0.1, -0.05) is 54.6 Å². The number of aliphatic hydroxyl groups is 1. The quantitative estimate of drug-likeness (QED) is 0.173. The van der Waals surface area contributed by atoms with Crippen molar-refractivity contribution in [2.45, 2.75) is 24.7 Å². The first-order chi connectivity index (χ1) is 19.1. The Balaban J connectivity index is 1.37. The summed E-state index contributed by atoms with van der Waals surface area (Å²) in [6.45, 7) is 0.0544. The summed E-state index contributed by atoms with van der Waals surface area (Å²) in [5.74, 6) is -0.765. The van der Waals surface area contributed by atoms with Gasteiger partial charge in [-0.05, 0) is 59.2 Å². The molecule has 10 heteroatoms. The third-order valence-electron chi connectivity index (χ3n) is 6.91. The number of carbonyl (C=O) groups is 1. The van der Waals surface area contributed by atoms with E-state index in [0.717, 1.165) is 0 Å². The van der Waals surface area contributed by atoms with Crippen LogP contribution < -0.4 is 10.2 Å². The number of hydrogen-bond donors (Lipinski definition) is 4. The fourth-order valence-electron chi connectivity index (χ4n) is 4.78. The second-order valence-corrected chi connectivity index (χ2v) is 11.1. The molecule has 1 fully saturated rings. The van der Waals surface area contributed by atoms with Crippen molar-refractivity contribution in [1.82, 2.24) is 0 Å². The minimum Gasteiger partial charge on any atom is -0.508 e. The zero-order valence-corrected chi connectivity index (χ0v) is 22.1. The lowest BCUT2D eigenvalue weighted by Gasteiger charge is -2.47. The lowest BCUT2D eigenvalue weighted by Crippen LogP contribution is -2.60. The molecule has 0 saturated carbocycles. The smallest absolute Gasteiger partial charge is 0.356 e. The second-order valence-electron chi connectivity index (χ2n) is 9.50. The molecule has 40 heavy (non-hydrogen) atoms. The predicted octanol–water partition coefficient (Wildman–Crippen LogP) is 4.60. The molecule has 1 aliphatic heterocycles. The zero-order chi connectivity index (χ0) is 28.4. The number of ether oxygens (including phenoxy) is 1. The third kappa shape index (κ3) is 5.70. The Hall–Kier alpha value is -3.85. The SMILES string of the molecule is O=C1C(OCCC(O)c2ccc(F)cc2)C(c2ccc(-c3ccc(P(=O)(O)O)cc3)cc2O)N1c1ccccc1. The van der Waals surface area contributed by atoms with Gasteiger partial charge in [0.15, 0.2) is 6.10 Å². The Kier molecular flexibility index (Phi) is 7.85. The average molecular weight is 564 g/mol. The van der Waals surface area contributed by atoms with Crippen LogP contribution in [-0.4, -0.2) is 38.6 Å². The highest BCUT2D eigenvalue weighted by molar-refractivity contribution is 7.60. The first kappa shape index (κ1) is 27.7. The van der Waals surface area contributed by atoms with E-state index >= 15 is 0 Å². The fraction of sp³-hybridized carbons (Fsp3) is 0.167. The van der Waals surface area contributed by atoms with Gasteiger partial charge in [-0.2, -0.15) is 0 Å². The van der Waals surface area contributed by atoms with Crippen molar-refractivity contribution in [2.24, 2.45) is 0 Å². The highest BCUT2D eigenvalue weighted by atomic mass is 31.2. The molecule has 1 saturated heterocycles. The van der Waals surface area contributed by atoms with Crippen LogP contribution in [0, 0.1) is 5.82 Å². The summed E-state index contributed by atoms with van der Waals surface area (Å²) in [5.41, 5.74) is 2.90. The van der Waals surface area contributed by atoms with E-state index < -0.39 is 31.7 Å². The van der Waals surface area contributed by atoms with E-state index in [1.165, 1.54) is 42.5 Å². The van der Waals surface area contributed by atoms with Gasteiger partial charge in [-0.25, -0.2) is 4.39 Å². The summed E-state index contributed by atoms with van der Waals surface area (Å²) in [6.07, 6.45) is -1.62. The van der Waals surface area contributed by atoms with E-state index in [1.54, 1.807) is 53.4 Å². The second kappa shape index (κ2) is 11.3. The molecule has 5 rings (SSSR count). The molecule has 1 aliphatic rings. The number of phenols is 1. The predicted molar refractivity (Wildman–Crippen MR) is 148 cm³/mol. The maximum Gasteiger partial charge on any atom is 0.356 e. The Labute approximate surface area is 230 Å². The minimum absolute atomic E-state index is 0.0544. The molecular formula is C30H27FNO7P. The topological polar surface area (TPSA) is 128 Å². The van der Waals surface area contributed by atoms with Crippen LogP contribution in [0.2, 0.25) is 0 Å². The van der Waals surface area contributed by atoms with Gasteiger partial charge in [0.25, 0.3) is 5.91 Å². The molecule has 0 bridgehead atoms. The standard InChI is InChI=1S/C30H27FNO7P/c31-22-11-6-20(7-12-22)26(33)16-17-39-29-28(32(30(29)35)23-4-2-1-3-5-23)25-15-10-21(18-27(25)34)19-8-13-24(14-9-19)40(36,37)38/h1-15,18,26,28-29,33-34H,16-17H2,(H2,36,37,38). The molecule has 0 spiro atoms. The van der Waals surface area contributed by atoms with Crippen LogP contribution in [0.25, 0.3) is 11.1 Å². The summed E-state index contributed by atoms with van der Waals surface area (Å²) < 4.78 is 30.6. The number of nitrogens with zero attached hydrogens (tertiary/aromatic N) is 1. The number of amides is 1. The van der Waals surface area contributed by atoms with Crippen LogP contribution in [0.15, 0.2) is 97.1 Å². The number of anilines is 1. The first-order valence-corrected chi connectivity index (χ1v) is 14.2. The molecule has 0 aliphatic carbocycles. The van der Waals surface area contributed by atoms with Gasteiger partial charge in [0.05, 0.1) is 18.0 Å². The van der Waals surface area contributed by atoms with Gasteiger partial charge < -0.3 is 24.7 Å². The maximum absolute atomic E-state index is 13.2. The molecule has 4 aromatic carbocycles. The summed E-state index contributed by atoms with van der Waals surface area (Å²) in [4.78, 5) is 33.4. The number of para-hydroxylation sites is 1. The molecule has 0 aromatic heterocycles. The molecule has 4 N–H and O–H groups in total. The van der Waals surface area contributed by atoms with E-state index in [2.05, 4.69) is 0 Å². The zero-order valence-electron chi connectivity index (χ0n) is 21.2. The van der Waals surface area contributed by atoms with Gasteiger partial charge in [-0.15, -0.1) is 0 Å². The molecule has 3 unspecified atom stereocenters. The van der Waals surface area contributed by atoms with Crippen molar-refractivity contribution in [2.75, 3.05) is 11.5 Å². The van der Waals surface area contributed by atoms with Gasteiger partial charge in [-0.3, -0.25) is 14.3 Å². The molecule has 4 aromatic rings. The third-order valence-corrected chi connectivity index (χ3v) is 7.88. The average Bonchev–Trinajstić information content (AvgIpc) is 2.94. The van der Waals surface area contributed by atoms with E-state index in [9.17, 15) is 33.7 Å². The highest BCUT2D eigenvalue weighted by Gasteiger charge is 2.50. The first-order valence-electron chi connectivity index (χ1n) is 12.6. The maximum atomic E-state index is 13.2. The van der Waals surface area contributed by atoms with Gasteiger partial charge >= 0.3 is 7.60 Å². The van der Waals surface area contributed by atoms with Crippen molar-refractivity contribution in [3.05, 3.63) is 114 Å². The lowest BCUT2D eigenvalue weighted by molar-refractivity contribution is -0.143. The van der Waals surface area contributed by atoms with Crippen LogP contribution in [0.5, 0.6) is 5.75 Å². The van der Waals surface area contributed by atoms with Crippen molar-refractivity contribution >= 4 is 24.5 Å². The van der Waals surface area contributed by atoms with E-state index in [4.69, 9.17) is 4.74 Å². The van der Waals surface area contributed by atoms with Crippen LogP contribution >= 0.6 is 7.60 Å². The van der Waals surface area contributed by atoms with Crippen LogP contribution in [0.1, 0.15) is 29.7 Å². The van der Waals surface area contributed by atoms with E-state index in [0.29, 0.717) is 27.9 Å². The fourth-order valence-corrected chi connectivity index (χ4v) is 5.32. The number of hydrogen-bond acceptors (Lipinski definition) is 5. The Morgan fingerprint density at radius 1 is 0.900 bits per heavy atom. The van der Waals surface area contributed by atoms with Crippen molar-refractivity contribution < 1.29 is 38.5 Å². The van der Waals surface area contributed by atoms with Crippen molar-refractivity contribution in [3.8, 4) is 16.9 Å². The summed E-state index contributed by atoms with van der Waals surface area (Å²) in [7, 11) is -4.37. The highest BCUT2D eigenvalue weighted by Crippen LogP contribution is 2.45. The molecule has 8 nitrogen and oxygen atoms in total. The van der Waals surface area contributed by atoms with Crippen molar-refractivity contribution in [1.29, 1.82) is 0 Å². The van der Waals surface area contributed by atoms with E-state index in [1.807, 2.05) is 6.07 Å². The number of rotatable bonds is 9. The Morgan fingerprint density at radius 2 is 1.55 bits per heavy atom. The monoisotopic (exact) mass is 563 g/mol. The molecule has 3 atom stereocenters. The number of halogens is 1. The number of aromatic hydroxyl groups is 1.